The van der Waals surface area contributed by atoms with E-state index in [4.69, 9.17) is 9.47 Å². The molecule has 0 radical (unpaired) electrons. The van der Waals surface area contributed by atoms with Crippen LogP contribution in [0.4, 0.5) is 4.79 Å². The summed E-state index contributed by atoms with van der Waals surface area (Å²) >= 11 is 0. The van der Waals surface area contributed by atoms with Gasteiger partial charge in [0.1, 0.15) is 11.7 Å². The number of amides is 1. The van der Waals surface area contributed by atoms with Gasteiger partial charge in [-0.1, -0.05) is 60.5 Å². The molecule has 0 saturated heterocycles. The van der Waals surface area contributed by atoms with Crippen LogP contribution >= 0.6 is 0 Å². The summed E-state index contributed by atoms with van der Waals surface area (Å²) in [5.74, 6) is -0.311. The second-order valence-corrected chi connectivity index (χ2v) is 12.5. The number of carbonyl (C=O) groups excluding carboxylic acids is 2. The summed E-state index contributed by atoms with van der Waals surface area (Å²) in [5.41, 5.74) is 1.13. The molecule has 0 aromatic carbocycles. The zero-order valence-electron chi connectivity index (χ0n) is 25.0. The van der Waals surface area contributed by atoms with E-state index in [9.17, 15) is 14.7 Å². The molecule has 6 nitrogen and oxygen atoms in total. The molecule has 0 aliphatic heterocycles. The van der Waals surface area contributed by atoms with Crippen molar-refractivity contribution in [1.29, 1.82) is 0 Å². The minimum absolute atomic E-state index is 0.0694. The molecule has 0 rings (SSSR count). The fraction of sp³-hybridized carbons (Fsp3) is 0.862. The third-order valence-corrected chi connectivity index (χ3v) is 7.73. The largest absolute Gasteiger partial charge is 0.458 e. The van der Waals surface area contributed by atoms with Gasteiger partial charge in [-0.15, -0.1) is 0 Å². The first-order chi connectivity index (χ1) is 15.8. The smallest absolute Gasteiger partial charge is 0.407 e. The minimum Gasteiger partial charge on any atom is -0.458 e. The SMILES string of the molecule is CC[C@H](C)C(C)(C)[C@@H](O)[C@@H](C)/C(C)=C(\C)[C@H](C)OC(=O)C(C)[C@H](CC(C)C)NC(=O)OC(C)(C)C. The minimum atomic E-state index is -0.616. The van der Waals surface area contributed by atoms with Gasteiger partial charge in [0, 0.05) is 12.0 Å². The zero-order valence-corrected chi connectivity index (χ0v) is 25.0. The maximum absolute atomic E-state index is 13.1. The van der Waals surface area contributed by atoms with Gasteiger partial charge in [-0.05, 0) is 77.7 Å². The van der Waals surface area contributed by atoms with E-state index >= 15 is 0 Å². The number of hydrogen-bond donors (Lipinski definition) is 2. The second kappa shape index (κ2) is 13.7. The molecule has 0 spiro atoms. The second-order valence-electron chi connectivity index (χ2n) is 12.5. The van der Waals surface area contributed by atoms with Crippen molar-refractivity contribution in [2.24, 2.45) is 29.1 Å². The van der Waals surface area contributed by atoms with Gasteiger partial charge in [0.2, 0.25) is 0 Å². The molecule has 0 aliphatic rings. The van der Waals surface area contributed by atoms with E-state index in [-0.39, 0.29) is 23.2 Å². The molecule has 1 amide bonds. The van der Waals surface area contributed by atoms with Crippen molar-refractivity contribution in [1.82, 2.24) is 5.32 Å². The molecule has 2 N–H and O–H groups in total. The predicted molar refractivity (Wildman–Crippen MR) is 144 cm³/mol. The standard InChI is InChI=1S/C29H55NO5/c1-15-18(4)29(13,14)25(31)21(7)19(5)20(6)23(9)34-26(32)22(8)24(16-17(2)3)30-27(33)35-28(10,11)12/h17-18,21-25,31H,15-16H2,1-14H3,(H,30,33)/b20-19+/t18-,21-,22?,23-,24-,25-/m0/s1. The number of esters is 1. The highest BCUT2D eigenvalue weighted by atomic mass is 16.6. The molecule has 206 valence electrons. The monoisotopic (exact) mass is 497 g/mol. The third kappa shape index (κ3) is 10.5. The number of alkyl carbamates (subject to hydrolysis) is 1. The molecule has 0 fully saturated rings. The summed E-state index contributed by atoms with van der Waals surface area (Å²) in [6.07, 6.45) is 0.148. The van der Waals surface area contributed by atoms with E-state index in [1.807, 2.05) is 62.3 Å². The van der Waals surface area contributed by atoms with Gasteiger partial charge in [0.25, 0.3) is 0 Å². The van der Waals surface area contributed by atoms with Gasteiger partial charge in [-0.3, -0.25) is 4.79 Å². The Morgan fingerprint density at radius 3 is 1.83 bits per heavy atom. The molecule has 6 atom stereocenters. The van der Waals surface area contributed by atoms with Crippen molar-refractivity contribution in [3.05, 3.63) is 11.1 Å². The molecular formula is C29H55NO5. The summed E-state index contributed by atoms with van der Waals surface area (Å²) in [7, 11) is 0. The van der Waals surface area contributed by atoms with Gasteiger partial charge in [0.15, 0.2) is 0 Å². The van der Waals surface area contributed by atoms with Crippen LogP contribution in [-0.2, 0) is 14.3 Å². The molecule has 35 heavy (non-hydrogen) atoms. The van der Waals surface area contributed by atoms with Crippen LogP contribution in [0.5, 0.6) is 0 Å². The van der Waals surface area contributed by atoms with Crippen molar-refractivity contribution >= 4 is 12.1 Å². The van der Waals surface area contributed by atoms with Crippen LogP contribution in [0, 0.1) is 29.1 Å². The lowest BCUT2D eigenvalue weighted by Crippen LogP contribution is -2.46. The summed E-state index contributed by atoms with van der Waals surface area (Å²) in [4.78, 5) is 25.4. The van der Waals surface area contributed by atoms with Crippen molar-refractivity contribution < 1.29 is 24.2 Å². The van der Waals surface area contributed by atoms with Gasteiger partial charge < -0.3 is 19.9 Å². The lowest BCUT2D eigenvalue weighted by Gasteiger charge is -2.40. The van der Waals surface area contributed by atoms with Crippen molar-refractivity contribution in [3.63, 3.8) is 0 Å². The van der Waals surface area contributed by atoms with Crippen molar-refractivity contribution in [3.8, 4) is 0 Å². The average molecular weight is 498 g/mol. The molecule has 6 heteroatoms. The zero-order chi connectivity index (χ0) is 27.9. The highest BCUT2D eigenvalue weighted by molar-refractivity contribution is 5.75. The fourth-order valence-corrected chi connectivity index (χ4v) is 4.27. The van der Waals surface area contributed by atoms with E-state index < -0.39 is 35.9 Å². The summed E-state index contributed by atoms with van der Waals surface area (Å²) in [6.45, 7) is 27.7. The Labute approximate surface area is 215 Å². The number of hydrogen-bond acceptors (Lipinski definition) is 5. The van der Waals surface area contributed by atoms with Gasteiger partial charge in [0.05, 0.1) is 12.0 Å². The molecule has 0 saturated carbocycles. The first kappa shape index (κ1) is 33.4. The first-order valence-electron chi connectivity index (χ1n) is 13.3. The highest BCUT2D eigenvalue weighted by Gasteiger charge is 2.37. The molecule has 0 aromatic heterocycles. The molecular weight excluding hydrogens is 442 g/mol. The van der Waals surface area contributed by atoms with E-state index in [0.717, 1.165) is 17.6 Å². The van der Waals surface area contributed by atoms with Crippen LogP contribution in [0.25, 0.3) is 0 Å². The van der Waals surface area contributed by atoms with Crippen LogP contribution in [0.15, 0.2) is 11.1 Å². The Hall–Kier alpha value is -1.56. The number of aliphatic hydroxyl groups excluding tert-OH is 1. The number of ether oxygens (including phenoxy) is 2. The Morgan fingerprint density at radius 1 is 0.886 bits per heavy atom. The number of nitrogens with one attached hydrogen (secondary N) is 1. The van der Waals surface area contributed by atoms with E-state index in [2.05, 4.69) is 33.0 Å². The quantitative estimate of drug-likeness (QED) is 0.226. The molecule has 0 aliphatic carbocycles. The highest BCUT2D eigenvalue weighted by Crippen LogP contribution is 2.38. The topological polar surface area (TPSA) is 84.9 Å². The van der Waals surface area contributed by atoms with Crippen LogP contribution in [0.2, 0.25) is 0 Å². The summed E-state index contributed by atoms with van der Waals surface area (Å²) < 4.78 is 11.3. The van der Waals surface area contributed by atoms with Crippen LogP contribution < -0.4 is 5.32 Å². The molecule has 1 unspecified atom stereocenters. The van der Waals surface area contributed by atoms with Crippen molar-refractivity contribution in [2.75, 3.05) is 0 Å². The van der Waals surface area contributed by atoms with Gasteiger partial charge in [-0.25, -0.2) is 4.79 Å². The normalized spacial score (nSPS) is 18.6. The lowest BCUT2D eigenvalue weighted by molar-refractivity contribution is -0.152. The van der Waals surface area contributed by atoms with Gasteiger partial charge in [-0.2, -0.15) is 0 Å². The predicted octanol–water partition coefficient (Wildman–Crippen LogP) is 6.90. The van der Waals surface area contributed by atoms with E-state index in [0.29, 0.717) is 12.3 Å². The summed E-state index contributed by atoms with van der Waals surface area (Å²) in [6, 6.07) is -0.396. The van der Waals surface area contributed by atoms with Crippen LogP contribution in [0.1, 0.15) is 110 Å². The Balaban J connectivity index is 5.52. The molecule has 0 aromatic rings. The number of aliphatic hydroxyl groups is 1. The Kier molecular flexibility index (Phi) is 13.1. The average Bonchev–Trinajstić information content (AvgIpc) is 2.73. The Morgan fingerprint density at radius 2 is 1.40 bits per heavy atom. The van der Waals surface area contributed by atoms with Crippen LogP contribution in [0.3, 0.4) is 0 Å². The molecule has 0 bridgehead atoms. The maximum Gasteiger partial charge on any atom is 0.407 e. The van der Waals surface area contributed by atoms with Crippen LogP contribution in [-0.4, -0.2) is 41.0 Å². The van der Waals surface area contributed by atoms with E-state index in [1.54, 1.807) is 6.92 Å². The number of carbonyl (C=O) groups is 2. The fourth-order valence-electron chi connectivity index (χ4n) is 4.27. The summed E-state index contributed by atoms with van der Waals surface area (Å²) in [5, 5.41) is 14.0. The van der Waals surface area contributed by atoms with E-state index in [1.165, 1.54) is 0 Å². The third-order valence-electron chi connectivity index (χ3n) is 7.73. The first-order valence-corrected chi connectivity index (χ1v) is 13.3. The maximum atomic E-state index is 13.1. The Bertz CT molecular complexity index is 719. The van der Waals surface area contributed by atoms with Crippen molar-refractivity contribution in [2.45, 2.75) is 134 Å². The van der Waals surface area contributed by atoms with Gasteiger partial charge >= 0.3 is 12.1 Å². The lowest BCUT2D eigenvalue weighted by atomic mass is 9.69. The number of rotatable bonds is 12. The molecule has 0 heterocycles.